The Morgan fingerprint density at radius 1 is 1.28 bits per heavy atom. The standard InChI is InChI=1S/C14H26N2O2/c1-6-8-11-13(18)16(9-14(4,5)7-2)10(3)12(17)15-11/h10-11H,6-9H2,1-5H3,(H,15,17). The van der Waals surface area contributed by atoms with E-state index in [9.17, 15) is 9.59 Å². The summed E-state index contributed by atoms with van der Waals surface area (Å²) < 4.78 is 0. The molecule has 0 aromatic carbocycles. The Hall–Kier alpha value is -1.06. The highest BCUT2D eigenvalue weighted by atomic mass is 16.2. The van der Waals surface area contributed by atoms with Gasteiger partial charge in [0.25, 0.3) is 0 Å². The minimum Gasteiger partial charge on any atom is -0.343 e. The van der Waals surface area contributed by atoms with Gasteiger partial charge in [0.15, 0.2) is 0 Å². The lowest BCUT2D eigenvalue weighted by atomic mass is 9.88. The quantitative estimate of drug-likeness (QED) is 0.815. The Kier molecular flexibility index (Phi) is 4.77. The first-order chi connectivity index (χ1) is 8.32. The fourth-order valence-electron chi connectivity index (χ4n) is 2.16. The summed E-state index contributed by atoms with van der Waals surface area (Å²) in [7, 11) is 0. The molecule has 0 aliphatic carbocycles. The van der Waals surface area contributed by atoms with Crippen molar-refractivity contribution in [3.63, 3.8) is 0 Å². The van der Waals surface area contributed by atoms with Crippen molar-refractivity contribution in [2.45, 2.75) is 66.0 Å². The zero-order valence-corrected chi connectivity index (χ0v) is 12.2. The Labute approximate surface area is 110 Å². The number of nitrogens with one attached hydrogen (secondary N) is 1. The van der Waals surface area contributed by atoms with Crippen LogP contribution in [0.5, 0.6) is 0 Å². The third-order valence-electron chi connectivity index (χ3n) is 3.88. The second-order valence-electron chi connectivity index (χ2n) is 6.01. The molecule has 0 saturated carbocycles. The zero-order chi connectivity index (χ0) is 13.9. The first-order valence-electron chi connectivity index (χ1n) is 6.93. The van der Waals surface area contributed by atoms with Crippen LogP contribution < -0.4 is 5.32 Å². The summed E-state index contributed by atoms with van der Waals surface area (Å²) in [5.41, 5.74) is 0.0539. The monoisotopic (exact) mass is 254 g/mol. The van der Waals surface area contributed by atoms with Crippen molar-refractivity contribution < 1.29 is 9.59 Å². The zero-order valence-electron chi connectivity index (χ0n) is 12.2. The topological polar surface area (TPSA) is 49.4 Å². The molecule has 0 radical (unpaired) electrons. The van der Waals surface area contributed by atoms with Crippen LogP contribution in [0.15, 0.2) is 0 Å². The predicted octanol–water partition coefficient (Wildman–Crippen LogP) is 1.94. The summed E-state index contributed by atoms with van der Waals surface area (Å²) in [4.78, 5) is 26.0. The molecule has 0 aromatic heterocycles. The van der Waals surface area contributed by atoms with Gasteiger partial charge in [-0.05, 0) is 25.2 Å². The van der Waals surface area contributed by atoms with Gasteiger partial charge in [0.2, 0.25) is 11.8 Å². The van der Waals surface area contributed by atoms with Gasteiger partial charge in [-0.2, -0.15) is 0 Å². The van der Waals surface area contributed by atoms with Gasteiger partial charge in [0, 0.05) is 6.54 Å². The summed E-state index contributed by atoms with van der Waals surface area (Å²) in [5, 5.41) is 2.82. The van der Waals surface area contributed by atoms with Crippen molar-refractivity contribution in [1.29, 1.82) is 0 Å². The van der Waals surface area contributed by atoms with Gasteiger partial charge in [-0.15, -0.1) is 0 Å². The van der Waals surface area contributed by atoms with Crippen LogP contribution in [-0.4, -0.2) is 35.3 Å². The maximum Gasteiger partial charge on any atom is 0.245 e. The maximum absolute atomic E-state index is 12.4. The number of rotatable bonds is 5. The number of hydrogen-bond acceptors (Lipinski definition) is 2. The van der Waals surface area contributed by atoms with Crippen molar-refractivity contribution in [3.05, 3.63) is 0 Å². The lowest BCUT2D eigenvalue weighted by molar-refractivity contribution is -0.150. The largest absolute Gasteiger partial charge is 0.343 e. The molecule has 0 aromatic rings. The molecule has 104 valence electrons. The molecule has 1 aliphatic rings. The van der Waals surface area contributed by atoms with Crippen LogP contribution in [0.1, 0.15) is 53.9 Å². The fourth-order valence-corrected chi connectivity index (χ4v) is 2.16. The van der Waals surface area contributed by atoms with Gasteiger partial charge in [-0.25, -0.2) is 0 Å². The number of carbonyl (C=O) groups is 2. The van der Waals surface area contributed by atoms with Gasteiger partial charge in [-0.3, -0.25) is 9.59 Å². The minimum atomic E-state index is -0.351. The van der Waals surface area contributed by atoms with Crippen LogP contribution in [0, 0.1) is 5.41 Å². The number of nitrogens with zero attached hydrogens (tertiary/aromatic N) is 1. The summed E-state index contributed by atoms with van der Waals surface area (Å²) in [6.07, 6.45) is 2.61. The molecule has 18 heavy (non-hydrogen) atoms. The summed E-state index contributed by atoms with van der Waals surface area (Å²) in [6, 6.07) is -0.678. The van der Waals surface area contributed by atoms with Gasteiger partial charge >= 0.3 is 0 Å². The predicted molar refractivity (Wildman–Crippen MR) is 72.1 cm³/mol. The Balaban J connectivity index is 2.85. The summed E-state index contributed by atoms with van der Waals surface area (Å²) >= 11 is 0. The minimum absolute atomic E-state index is 0.0278. The molecular formula is C14H26N2O2. The molecule has 2 atom stereocenters. The molecule has 2 amide bonds. The molecule has 1 fully saturated rings. The normalized spacial score (nSPS) is 25.3. The van der Waals surface area contributed by atoms with E-state index < -0.39 is 0 Å². The van der Waals surface area contributed by atoms with Crippen molar-refractivity contribution in [2.75, 3.05) is 6.54 Å². The Bertz CT molecular complexity index is 326. The third kappa shape index (κ3) is 3.24. The highest BCUT2D eigenvalue weighted by molar-refractivity contribution is 5.96. The molecule has 0 spiro atoms. The average Bonchev–Trinajstić information content (AvgIpc) is 2.32. The molecule has 2 unspecified atom stereocenters. The average molecular weight is 254 g/mol. The SMILES string of the molecule is CCCC1NC(=O)C(C)N(CC(C)(C)CC)C1=O. The lowest BCUT2D eigenvalue weighted by Crippen LogP contribution is -2.63. The van der Waals surface area contributed by atoms with Crippen LogP contribution in [0.3, 0.4) is 0 Å². The number of piperazine rings is 1. The second kappa shape index (κ2) is 5.72. The third-order valence-corrected chi connectivity index (χ3v) is 3.88. The van der Waals surface area contributed by atoms with Crippen LogP contribution in [0.2, 0.25) is 0 Å². The van der Waals surface area contributed by atoms with Crippen LogP contribution in [-0.2, 0) is 9.59 Å². The molecule has 1 N–H and O–H groups in total. The molecule has 0 bridgehead atoms. The molecular weight excluding hydrogens is 228 g/mol. The van der Waals surface area contributed by atoms with Crippen molar-refractivity contribution in [2.24, 2.45) is 5.41 Å². The number of amides is 2. The van der Waals surface area contributed by atoms with Gasteiger partial charge < -0.3 is 10.2 Å². The van der Waals surface area contributed by atoms with E-state index in [0.717, 1.165) is 19.3 Å². The smallest absolute Gasteiger partial charge is 0.245 e. The van der Waals surface area contributed by atoms with E-state index in [1.807, 2.05) is 6.92 Å². The molecule has 1 heterocycles. The molecule has 4 heteroatoms. The van der Waals surface area contributed by atoms with Crippen LogP contribution >= 0.6 is 0 Å². The van der Waals surface area contributed by atoms with Gasteiger partial charge in [0.05, 0.1) is 0 Å². The van der Waals surface area contributed by atoms with Gasteiger partial charge in [-0.1, -0.05) is 34.1 Å². The van der Waals surface area contributed by atoms with E-state index in [-0.39, 0.29) is 29.3 Å². The molecule has 1 saturated heterocycles. The van der Waals surface area contributed by atoms with E-state index in [2.05, 4.69) is 26.1 Å². The first kappa shape index (κ1) is 15.0. The van der Waals surface area contributed by atoms with Crippen LogP contribution in [0.25, 0.3) is 0 Å². The van der Waals surface area contributed by atoms with Crippen molar-refractivity contribution >= 4 is 11.8 Å². The second-order valence-corrected chi connectivity index (χ2v) is 6.01. The van der Waals surface area contributed by atoms with Gasteiger partial charge in [0.1, 0.15) is 12.1 Å². The Morgan fingerprint density at radius 3 is 2.39 bits per heavy atom. The molecule has 4 nitrogen and oxygen atoms in total. The van der Waals surface area contributed by atoms with E-state index in [1.165, 1.54) is 0 Å². The number of hydrogen-bond donors (Lipinski definition) is 1. The fraction of sp³-hybridized carbons (Fsp3) is 0.857. The Morgan fingerprint density at radius 2 is 1.89 bits per heavy atom. The first-order valence-corrected chi connectivity index (χ1v) is 6.93. The molecule has 1 aliphatic heterocycles. The number of carbonyl (C=O) groups excluding carboxylic acids is 2. The van der Waals surface area contributed by atoms with E-state index in [1.54, 1.807) is 11.8 Å². The lowest BCUT2D eigenvalue weighted by Gasteiger charge is -2.41. The summed E-state index contributed by atoms with van der Waals surface area (Å²) in [5.74, 6) is 0.0467. The van der Waals surface area contributed by atoms with E-state index in [0.29, 0.717) is 6.54 Å². The van der Waals surface area contributed by atoms with Crippen molar-refractivity contribution in [3.8, 4) is 0 Å². The summed E-state index contributed by atoms with van der Waals surface area (Å²) in [6.45, 7) is 10.9. The highest BCUT2D eigenvalue weighted by Crippen LogP contribution is 2.24. The highest BCUT2D eigenvalue weighted by Gasteiger charge is 2.39. The van der Waals surface area contributed by atoms with Crippen molar-refractivity contribution in [1.82, 2.24) is 10.2 Å². The van der Waals surface area contributed by atoms with E-state index in [4.69, 9.17) is 0 Å². The molecule has 1 rings (SSSR count). The van der Waals surface area contributed by atoms with Crippen LogP contribution in [0.4, 0.5) is 0 Å². The maximum atomic E-state index is 12.4. The van der Waals surface area contributed by atoms with E-state index >= 15 is 0 Å².